The summed E-state index contributed by atoms with van der Waals surface area (Å²) in [6.45, 7) is 4.11. The predicted molar refractivity (Wildman–Crippen MR) is 95.8 cm³/mol. The molecular formula is C19H18N4O3. The summed E-state index contributed by atoms with van der Waals surface area (Å²) < 4.78 is 4.90. The van der Waals surface area contributed by atoms with Gasteiger partial charge in [0, 0.05) is 24.4 Å². The molecule has 0 unspecified atom stereocenters. The first-order chi connectivity index (χ1) is 12.5. The average Bonchev–Trinajstić information content (AvgIpc) is 3.04. The summed E-state index contributed by atoms with van der Waals surface area (Å²) in [5.41, 5.74) is 2.59. The molecule has 0 radical (unpaired) electrons. The van der Waals surface area contributed by atoms with Gasteiger partial charge in [-0.2, -0.15) is 0 Å². The van der Waals surface area contributed by atoms with Gasteiger partial charge in [0.15, 0.2) is 5.82 Å². The van der Waals surface area contributed by atoms with E-state index in [9.17, 15) is 9.59 Å². The van der Waals surface area contributed by atoms with Crippen molar-refractivity contribution in [1.29, 1.82) is 0 Å². The molecule has 1 aromatic carbocycles. The highest BCUT2D eigenvalue weighted by Gasteiger charge is 2.13. The first-order valence-electron chi connectivity index (χ1n) is 8.06. The SMILES string of the molecule is Cc1cccc(CNC(=O)c2cc(C(=O)Nc3cc(C)on3)ccn2)c1. The van der Waals surface area contributed by atoms with E-state index in [-0.39, 0.29) is 11.6 Å². The van der Waals surface area contributed by atoms with Gasteiger partial charge in [-0.25, -0.2) is 0 Å². The molecule has 0 aliphatic heterocycles. The number of aromatic nitrogens is 2. The standard InChI is InChI=1S/C19H18N4O3/c1-12-4-3-5-14(8-12)11-21-19(25)16-10-15(6-7-20-16)18(24)22-17-9-13(2)26-23-17/h3-10H,11H2,1-2H3,(H,21,25)(H,22,23,24). The van der Waals surface area contributed by atoms with Gasteiger partial charge in [0.2, 0.25) is 0 Å². The number of rotatable bonds is 5. The second-order valence-corrected chi connectivity index (χ2v) is 5.88. The van der Waals surface area contributed by atoms with Crippen LogP contribution in [0.25, 0.3) is 0 Å². The maximum atomic E-state index is 12.3. The summed E-state index contributed by atoms with van der Waals surface area (Å²) in [7, 11) is 0. The lowest BCUT2D eigenvalue weighted by atomic mass is 10.1. The summed E-state index contributed by atoms with van der Waals surface area (Å²) in [6, 6.07) is 12.4. The average molecular weight is 350 g/mol. The molecule has 3 rings (SSSR count). The fraction of sp³-hybridized carbons (Fsp3) is 0.158. The van der Waals surface area contributed by atoms with Crippen LogP contribution in [0.4, 0.5) is 5.82 Å². The molecule has 2 N–H and O–H groups in total. The van der Waals surface area contributed by atoms with Gasteiger partial charge in [0.25, 0.3) is 11.8 Å². The topological polar surface area (TPSA) is 97.1 Å². The van der Waals surface area contributed by atoms with E-state index in [1.807, 2.05) is 31.2 Å². The van der Waals surface area contributed by atoms with Crippen molar-refractivity contribution < 1.29 is 14.1 Å². The Hall–Kier alpha value is -3.48. The molecule has 132 valence electrons. The second kappa shape index (κ2) is 7.60. The number of anilines is 1. The summed E-state index contributed by atoms with van der Waals surface area (Å²) in [5.74, 6) is 0.160. The van der Waals surface area contributed by atoms with E-state index >= 15 is 0 Å². The number of pyridine rings is 1. The monoisotopic (exact) mass is 350 g/mol. The fourth-order valence-corrected chi connectivity index (χ4v) is 2.40. The number of carbonyl (C=O) groups is 2. The molecule has 0 atom stereocenters. The van der Waals surface area contributed by atoms with E-state index in [4.69, 9.17) is 4.52 Å². The van der Waals surface area contributed by atoms with Crippen LogP contribution in [0.3, 0.4) is 0 Å². The van der Waals surface area contributed by atoms with Crippen LogP contribution in [0.2, 0.25) is 0 Å². The number of carbonyl (C=O) groups excluding carboxylic acids is 2. The smallest absolute Gasteiger partial charge is 0.270 e. The highest BCUT2D eigenvalue weighted by atomic mass is 16.5. The van der Waals surface area contributed by atoms with E-state index in [1.54, 1.807) is 13.0 Å². The van der Waals surface area contributed by atoms with E-state index in [0.717, 1.165) is 11.1 Å². The summed E-state index contributed by atoms with van der Waals surface area (Å²) in [5, 5.41) is 9.11. The number of nitrogens with zero attached hydrogens (tertiary/aromatic N) is 2. The number of hydrogen-bond acceptors (Lipinski definition) is 5. The molecule has 7 nitrogen and oxygen atoms in total. The Morgan fingerprint density at radius 2 is 1.92 bits per heavy atom. The van der Waals surface area contributed by atoms with Crippen LogP contribution >= 0.6 is 0 Å². The second-order valence-electron chi connectivity index (χ2n) is 5.88. The lowest BCUT2D eigenvalue weighted by molar-refractivity contribution is 0.0946. The maximum absolute atomic E-state index is 12.3. The number of aryl methyl sites for hydroxylation is 2. The molecule has 2 aromatic heterocycles. The van der Waals surface area contributed by atoms with Gasteiger partial charge in [-0.3, -0.25) is 14.6 Å². The minimum atomic E-state index is -0.395. The van der Waals surface area contributed by atoms with E-state index in [0.29, 0.717) is 23.7 Å². The minimum Gasteiger partial charge on any atom is -0.360 e. The zero-order valence-corrected chi connectivity index (χ0v) is 14.4. The first kappa shape index (κ1) is 17.3. The van der Waals surface area contributed by atoms with Crippen molar-refractivity contribution in [2.24, 2.45) is 0 Å². The molecule has 0 aliphatic carbocycles. The van der Waals surface area contributed by atoms with Gasteiger partial charge in [0.1, 0.15) is 11.5 Å². The summed E-state index contributed by atoms with van der Waals surface area (Å²) in [6.07, 6.45) is 1.42. The third-order valence-corrected chi connectivity index (χ3v) is 3.66. The van der Waals surface area contributed by atoms with Crippen molar-refractivity contribution in [1.82, 2.24) is 15.5 Å². The number of benzene rings is 1. The lowest BCUT2D eigenvalue weighted by Gasteiger charge is -2.07. The van der Waals surface area contributed by atoms with Gasteiger partial charge < -0.3 is 15.2 Å². The molecule has 0 fully saturated rings. The van der Waals surface area contributed by atoms with E-state index in [1.165, 1.54) is 18.3 Å². The maximum Gasteiger partial charge on any atom is 0.270 e. The van der Waals surface area contributed by atoms with Crippen LogP contribution in [0, 0.1) is 13.8 Å². The normalized spacial score (nSPS) is 10.4. The zero-order chi connectivity index (χ0) is 18.5. The molecule has 0 bridgehead atoms. The molecule has 26 heavy (non-hydrogen) atoms. The van der Waals surface area contributed by atoms with Gasteiger partial charge in [-0.15, -0.1) is 0 Å². The van der Waals surface area contributed by atoms with Crippen LogP contribution in [0.1, 0.15) is 37.7 Å². The van der Waals surface area contributed by atoms with Crippen LogP contribution in [0.5, 0.6) is 0 Å². The molecular weight excluding hydrogens is 332 g/mol. The van der Waals surface area contributed by atoms with Gasteiger partial charge in [-0.05, 0) is 31.5 Å². The minimum absolute atomic E-state index is 0.168. The van der Waals surface area contributed by atoms with Crippen LogP contribution in [0.15, 0.2) is 53.2 Å². The highest BCUT2D eigenvalue weighted by Crippen LogP contribution is 2.10. The Balaban J connectivity index is 1.66. The van der Waals surface area contributed by atoms with Crippen molar-refractivity contribution in [3.05, 3.63) is 76.8 Å². The Kier molecular flexibility index (Phi) is 5.07. The molecule has 2 heterocycles. The molecule has 7 heteroatoms. The number of amides is 2. The quantitative estimate of drug-likeness (QED) is 0.737. The molecule has 0 saturated carbocycles. The Morgan fingerprint density at radius 3 is 2.65 bits per heavy atom. The molecule has 0 aliphatic rings. The first-order valence-corrected chi connectivity index (χ1v) is 8.06. The van der Waals surface area contributed by atoms with Crippen molar-refractivity contribution in [3.63, 3.8) is 0 Å². The zero-order valence-electron chi connectivity index (χ0n) is 14.4. The largest absolute Gasteiger partial charge is 0.360 e. The Labute approximate surface area is 150 Å². The summed E-state index contributed by atoms with van der Waals surface area (Å²) in [4.78, 5) is 28.6. The lowest BCUT2D eigenvalue weighted by Crippen LogP contribution is -2.24. The Morgan fingerprint density at radius 1 is 1.08 bits per heavy atom. The Bertz CT molecular complexity index is 949. The van der Waals surface area contributed by atoms with Crippen molar-refractivity contribution in [2.45, 2.75) is 20.4 Å². The highest BCUT2D eigenvalue weighted by molar-refractivity contribution is 6.05. The summed E-state index contributed by atoms with van der Waals surface area (Å²) >= 11 is 0. The fourth-order valence-electron chi connectivity index (χ4n) is 2.40. The number of nitrogens with one attached hydrogen (secondary N) is 2. The molecule has 2 amide bonds. The van der Waals surface area contributed by atoms with Crippen LogP contribution in [-0.2, 0) is 6.54 Å². The van der Waals surface area contributed by atoms with Crippen molar-refractivity contribution >= 4 is 17.6 Å². The van der Waals surface area contributed by atoms with Crippen molar-refractivity contribution in [3.8, 4) is 0 Å². The van der Waals surface area contributed by atoms with Gasteiger partial charge in [0.05, 0.1) is 0 Å². The van der Waals surface area contributed by atoms with E-state index in [2.05, 4.69) is 20.8 Å². The van der Waals surface area contributed by atoms with E-state index < -0.39 is 5.91 Å². The third kappa shape index (κ3) is 4.32. The molecule has 0 saturated heterocycles. The van der Waals surface area contributed by atoms with Crippen molar-refractivity contribution in [2.75, 3.05) is 5.32 Å². The van der Waals surface area contributed by atoms with Gasteiger partial charge in [-0.1, -0.05) is 35.0 Å². The van der Waals surface area contributed by atoms with Gasteiger partial charge >= 0.3 is 0 Å². The third-order valence-electron chi connectivity index (χ3n) is 3.66. The van der Waals surface area contributed by atoms with Crippen LogP contribution < -0.4 is 10.6 Å². The molecule has 3 aromatic rings. The van der Waals surface area contributed by atoms with Crippen LogP contribution in [-0.4, -0.2) is 22.0 Å². The predicted octanol–water partition coefficient (Wildman–Crippen LogP) is 2.87. The molecule has 0 spiro atoms. The number of hydrogen-bond donors (Lipinski definition) is 2.